The fourth-order valence-corrected chi connectivity index (χ4v) is 2.35. The van der Waals surface area contributed by atoms with Crippen molar-refractivity contribution < 1.29 is 0 Å². The molecule has 0 unspecified atom stereocenters. The molecule has 0 aliphatic carbocycles. The van der Waals surface area contributed by atoms with Crippen LogP contribution in [0.2, 0.25) is 0 Å². The van der Waals surface area contributed by atoms with Gasteiger partial charge in [-0.25, -0.2) is 4.98 Å². The van der Waals surface area contributed by atoms with E-state index in [-0.39, 0.29) is 0 Å². The van der Waals surface area contributed by atoms with Crippen molar-refractivity contribution in [2.24, 2.45) is 0 Å². The van der Waals surface area contributed by atoms with Crippen LogP contribution in [0.25, 0.3) is 11.1 Å². The van der Waals surface area contributed by atoms with Crippen LogP contribution >= 0.6 is 0 Å². The van der Waals surface area contributed by atoms with Crippen LogP contribution in [0.4, 0.5) is 5.82 Å². The zero-order chi connectivity index (χ0) is 14.5. The number of pyridine rings is 2. The van der Waals surface area contributed by atoms with Gasteiger partial charge in [0.25, 0.3) is 0 Å². The van der Waals surface area contributed by atoms with Gasteiger partial charge in [-0.2, -0.15) is 0 Å². The van der Waals surface area contributed by atoms with Gasteiger partial charge in [-0.05, 0) is 47.7 Å². The van der Waals surface area contributed by atoms with Crippen LogP contribution < -0.4 is 5.73 Å². The summed E-state index contributed by atoms with van der Waals surface area (Å²) in [6.45, 7) is 0. The van der Waals surface area contributed by atoms with Gasteiger partial charge in [-0.1, -0.05) is 36.4 Å². The lowest BCUT2D eigenvalue weighted by molar-refractivity contribution is 0.917. The summed E-state index contributed by atoms with van der Waals surface area (Å²) in [7, 11) is 0. The number of nitrogens with two attached hydrogens (primary N) is 1. The Kier molecular flexibility index (Phi) is 3.92. The molecule has 21 heavy (non-hydrogen) atoms. The number of hydrogen-bond acceptors (Lipinski definition) is 3. The number of rotatable bonds is 4. The molecule has 3 heteroatoms. The SMILES string of the molecule is Nc1cccc(CCc2cccc(-c3cccnc3)c2)n1. The van der Waals surface area contributed by atoms with Crippen LogP contribution in [0, 0.1) is 0 Å². The lowest BCUT2D eigenvalue weighted by Gasteiger charge is -2.06. The van der Waals surface area contributed by atoms with Crippen molar-refractivity contribution in [3.63, 3.8) is 0 Å². The first-order valence-electron chi connectivity index (χ1n) is 7.02. The highest BCUT2D eigenvalue weighted by Gasteiger charge is 2.01. The third-order valence-corrected chi connectivity index (χ3v) is 3.42. The van der Waals surface area contributed by atoms with Gasteiger partial charge in [0.2, 0.25) is 0 Å². The third-order valence-electron chi connectivity index (χ3n) is 3.42. The normalized spacial score (nSPS) is 10.5. The average Bonchev–Trinajstić information content (AvgIpc) is 2.54. The van der Waals surface area contributed by atoms with E-state index in [9.17, 15) is 0 Å². The highest BCUT2D eigenvalue weighted by molar-refractivity contribution is 5.62. The zero-order valence-electron chi connectivity index (χ0n) is 11.7. The van der Waals surface area contributed by atoms with E-state index in [1.54, 1.807) is 6.20 Å². The smallest absolute Gasteiger partial charge is 0.123 e. The molecular weight excluding hydrogens is 258 g/mol. The van der Waals surface area contributed by atoms with Crippen LogP contribution in [-0.4, -0.2) is 9.97 Å². The summed E-state index contributed by atoms with van der Waals surface area (Å²) in [5.74, 6) is 0.580. The molecule has 0 bridgehead atoms. The zero-order valence-corrected chi connectivity index (χ0v) is 11.7. The standard InChI is InChI=1S/C18H17N3/c19-18-8-2-7-17(21-18)10-9-14-4-1-5-15(12-14)16-6-3-11-20-13-16/h1-8,11-13H,9-10H2,(H2,19,21). The second-order valence-electron chi connectivity index (χ2n) is 5.00. The minimum Gasteiger partial charge on any atom is -0.384 e. The number of aryl methyl sites for hydroxylation is 2. The van der Waals surface area contributed by atoms with E-state index in [4.69, 9.17) is 5.73 Å². The summed E-state index contributed by atoms with van der Waals surface area (Å²) >= 11 is 0. The average molecular weight is 275 g/mol. The van der Waals surface area contributed by atoms with E-state index in [0.717, 1.165) is 24.1 Å². The predicted octanol–water partition coefficient (Wildman–Crippen LogP) is 3.51. The van der Waals surface area contributed by atoms with E-state index >= 15 is 0 Å². The number of benzene rings is 1. The molecule has 2 aromatic heterocycles. The quantitative estimate of drug-likeness (QED) is 0.792. The number of anilines is 1. The molecule has 1 aromatic carbocycles. The van der Waals surface area contributed by atoms with E-state index in [1.165, 1.54) is 11.1 Å². The van der Waals surface area contributed by atoms with Crippen LogP contribution in [0.3, 0.4) is 0 Å². The molecule has 3 rings (SSSR count). The van der Waals surface area contributed by atoms with Crippen LogP contribution in [-0.2, 0) is 12.8 Å². The molecule has 0 saturated carbocycles. The van der Waals surface area contributed by atoms with Gasteiger partial charge in [-0.15, -0.1) is 0 Å². The molecule has 2 heterocycles. The van der Waals surface area contributed by atoms with Gasteiger partial charge in [0.15, 0.2) is 0 Å². The van der Waals surface area contributed by atoms with E-state index in [1.807, 2.05) is 30.5 Å². The Bertz CT molecular complexity index is 723. The number of aromatic nitrogens is 2. The summed E-state index contributed by atoms with van der Waals surface area (Å²) in [5.41, 5.74) is 10.4. The summed E-state index contributed by atoms with van der Waals surface area (Å²) < 4.78 is 0. The van der Waals surface area contributed by atoms with E-state index in [0.29, 0.717) is 5.82 Å². The van der Waals surface area contributed by atoms with E-state index in [2.05, 4.69) is 40.3 Å². The van der Waals surface area contributed by atoms with Crippen molar-refractivity contribution in [1.29, 1.82) is 0 Å². The lowest BCUT2D eigenvalue weighted by atomic mass is 10.0. The van der Waals surface area contributed by atoms with Crippen molar-refractivity contribution in [2.75, 3.05) is 5.73 Å². The van der Waals surface area contributed by atoms with Gasteiger partial charge >= 0.3 is 0 Å². The lowest BCUT2D eigenvalue weighted by Crippen LogP contribution is -1.97. The third kappa shape index (κ3) is 3.45. The molecule has 3 aromatic rings. The fourth-order valence-electron chi connectivity index (χ4n) is 2.35. The molecule has 0 atom stereocenters. The summed E-state index contributed by atoms with van der Waals surface area (Å²) in [6, 6.07) is 18.4. The highest BCUT2D eigenvalue weighted by atomic mass is 14.8. The Morgan fingerprint density at radius 1 is 0.857 bits per heavy atom. The molecule has 0 radical (unpaired) electrons. The van der Waals surface area contributed by atoms with Crippen molar-refractivity contribution >= 4 is 5.82 Å². The predicted molar refractivity (Wildman–Crippen MR) is 85.7 cm³/mol. The largest absolute Gasteiger partial charge is 0.384 e. The number of hydrogen-bond donors (Lipinski definition) is 1. The summed E-state index contributed by atoms with van der Waals surface area (Å²) in [5, 5.41) is 0. The second kappa shape index (κ2) is 6.18. The summed E-state index contributed by atoms with van der Waals surface area (Å²) in [4.78, 5) is 8.51. The molecule has 0 fully saturated rings. The minimum atomic E-state index is 0.580. The maximum absolute atomic E-state index is 5.71. The Labute approximate surface area is 124 Å². The molecule has 0 amide bonds. The topological polar surface area (TPSA) is 51.8 Å². The van der Waals surface area contributed by atoms with Gasteiger partial charge in [0.1, 0.15) is 5.82 Å². The van der Waals surface area contributed by atoms with Crippen molar-refractivity contribution in [3.8, 4) is 11.1 Å². The highest BCUT2D eigenvalue weighted by Crippen LogP contribution is 2.20. The van der Waals surface area contributed by atoms with Crippen molar-refractivity contribution in [3.05, 3.63) is 78.2 Å². The van der Waals surface area contributed by atoms with Crippen LogP contribution in [0.1, 0.15) is 11.3 Å². The monoisotopic (exact) mass is 275 g/mol. The summed E-state index contributed by atoms with van der Waals surface area (Å²) in [6.07, 6.45) is 5.52. The first kappa shape index (κ1) is 13.3. The number of nitrogens with zero attached hydrogens (tertiary/aromatic N) is 2. The first-order valence-corrected chi connectivity index (χ1v) is 7.02. The molecule has 0 aliphatic rings. The maximum Gasteiger partial charge on any atom is 0.123 e. The molecule has 0 aliphatic heterocycles. The number of nitrogen functional groups attached to an aromatic ring is 1. The second-order valence-corrected chi connectivity index (χ2v) is 5.00. The van der Waals surface area contributed by atoms with Gasteiger partial charge in [-0.3, -0.25) is 4.98 Å². The fraction of sp³-hybridized carbons (Fsp3) is 0.111. The van der Waals surface area contributed by atoms with Gasteiger partial charge < -0.3 is 5.73 Å². The van der Waals surface area contributed by atoms with Crippen molar-refractivity contribution in [2.45, 2.75) is 12.8 Å². The van der Waals surface area contributed by atoms with Crippen LogP contribution in [0.15, 0.2) is 67.0 Å². The minimum absolute atomic E-state index is 0.580. The van der Waals surface area contributed by atoms with Gasteiger partial charge in [0, 0.05) is 18.1 Å². The van der Waals surface area contributed by atoms with E-state index < -0.39 is 0 Å². The Balaban J connectivity index is 1.75. The molecule has 3 nitrogen and oxygen atoms in total. The molecule has 0 saturated heterocycles. The Morgan fingerprint density at radius 2 is 1.71 bits per heavy atom. The molecule has 2 N–H and O–H groups in total. The molecule has 0 spiro atoms. The van der Waals surface area contributed by atoms with Gasteiger partial charge in [0.05, 0.1) is 0 Å². The van der Waals surface area contributed by atoms with Crippen LogP contribution in [0.5, 0.6) is 0 Å². The molecular formula is C18H17N3. The molecule has 104 valence electrons. The Hall–Kier alpha value is -2.68. The maximum atomic E-state index is 5.71. The Morgan fingerprint density at radius 3 is 2.52 bits per heavy atom. The first-order chi connectivity index (χ1) is 10.3. The van der Waals surface area contributed by atoms with Crippen molar-refractivity contribution in [1.82, 2.24) is 9.97 Å².